The summed E-state index contributed by atoms with van der Waals surface area (Å²) in [5, 5.41) is 14.8. The van der Waals surface area contributed by atoms with Gasteiger partial charge in [0.05, 0.1) is 31.9 Å². The number of carbonyl (C=O) groups is 1. The number of carboxylic acid groups (broad SMARTS) is 1. The molecule has 1 atom stereocenters. The number of ether oxygens (including phenoxy) is 1. The van der Waals surface area contributed by atoms with Crippen molar-refractivity contribution >= 4 is 16.0 Å². The van der Waals surface area contributed by atoms with Crippen LogP contribution < -0.4 is 0 Å². The van der Waals surface area contributed by atoms with Gasteiger partial charge >= 0.3 is 5.97 Å². The smallest absolute Gasteiger partial charge is 0.305 e. The van der Waals surface area contributed by atoms with Crippen LogP contribution in [0.1, 0.15) is 6.42 Å². The van der Waals surface area contributed by atoms with Crippen LogP contribution in [0.25, 0.3) is 0 Å². The molecule has 1 saturated heterocycles. The van der Waals surface area contributed by atoms with Crippen molar-refractivity contribution in [1.82, 2.24) is 14.5 Å². The fraction of sp³-hybridized carbons (Fsp3) is 0.556. The third kappa shape index (κ3) is 2.52. The van der Waals surface area contributed by atoms with E-state index in [1.54, 1.807) is 0 Å². The van der Waals surface area contributed by atoms with Crippen LogP contribution in [-0.2, 0) is 19.6 Å². The molecule has 1 aromatic heterocycles. The molecule has 1 unspecified atom stereocenters. The van der Waals surface area contributed by atoms with Crippen molar-refractivity contribution in [3.8, 4) is 0 Å². The Bertz CT molecular complexity index is 512. The summed E-state index contributed by atoms with van der Waals surface area (Å²) in [6.07, 6.45) is 2.18. The minimum absolute atomic E-state index is 0.0276. The highest BCUT2D eigenvalue weighted by Gasteiger charge is 2.35. The Morgan fingerprint density at radius 2 is 2.44 bits per heavy atom. The molecule has 2 N–H and O–H groups in total. The molecule has 0 aromatic carbocycles. The quantitative estimate of drug-likeness (QED) is 0.749. The fourth-order valence-corrected chi connectivity index (χ4v) is 3.33. The van der Waals surface area contributed by atoms with Crippen LogP contribution in [0.3, 0.4) is 0 Å². The summed E-state index contributed by atoms with van der Waals surface area (Å²) in [5.41, 5.74) is 0. The summed E-state index contributed by atoms with van der Waals surface area (Å²) >= 11 is 0. The SMILES string of the molecule is O=C(O)CC1COCCN1S(=O)(=O)c1cn[nH]c1. The molecule has 1 aromatic rings. The molecule has 8 nitrogen and oxygen atoms in total. The minimum Gasteiger partial charge on any atom is -0.481 e. The lowest BCUT2D eigenvalue weighted by atomic mass is 10.2. The predicted molar refractivity (Wildman–Crippen MR) is 59.3 cm³/mol. The van der Waals surface area contributed by atoms with E-state index in [0.717, 1.165) is 4.31 Å². The zero-order chi connectivity index (χ0) is 13.2. The van der Waals surface area contributed by atoms with Crippen molar-refractivity contribution in [2.75, 3.05) is 19.8 Å². The maximum atomic E-state index is 12.3. The molecular weight excluding hydrogens is 262 g/mol. The molecule has 0 saturated carbocycles. The monoisotopic (exact) mass is 275 g/mol. The topological polar surface area (TPSA) is 113 Å². The number of aromatic amines is 1. The first-order chi connectivity index (χ1) is 8.51. The summed E-state index contributed by atoms with van der Waals surface area (Å²) in [5.74, 6) is -1.06. The number of hydrogen-bond donors (Lipinski definition) is 2. The highest BCUT2D eigenvalue weighted by molar-refractivity contribution is 7.89. The third-order valence-corrected chi connectivity index (χ3v) is 4.58. The van der Waals surface area contributed by atoms with Crippen molar-refractivity contribution in [2.45, 2.75) is 17.4 Å². The molecule has 2 rings (SSSR count). The summed E-state index contributed by atoms with van der Waals surface area (Å²) in [6.45, 7) is 0.488. The molecule has 0 amide bonds. The van der Waals surface area contributed by atoms with Crippen molar-refractivity contribution in [3.05, 3.63) is 12.4 Å². The lowest BCUT2D eigenvalue weighted by Gasteiger charge is -2.33. The number of aromatic nitrogens is 2. The van der Waals surface area contributed by atoms with E-state index in [0.29, 0.717) is 0 Å². The number of nitrogens with zero attached hydrogens (tertiary/aromatic N) is 2. The standard InChI is InChI=1S/C9H13N3O5S/c13-9(14)3-7-6-17-2-1-12(7)18(15,16)8-4-10-11-5-8/h4-5,7H,1-3,6H2,(H,10,11)(H,13,14). The van der Waals surface area contributed by atoms with Gasteiger partial charge in [0.1, 0.15) is 4.90 Å². The number of sulfonamides is 1. The highest BCUT2D eigenvalue weighted by atomic mass is 32.2. The Labute approximate surface area is 104 Å². The van der Waals surface area contributed by atoms with Gasteiger partial charge in [0, 0.05) is 12.7 Å². The number of hydrogen-bond acceptors (Lipinski definition) is 5. The Hall–Kier alpha value is -1.45. The number of rotatable bonds is 4. The maximum absolute atomic E-state index is 12.3. The van der Waals surface area contributed by atoms with Gasteiger partial charge in [-0.15, -0.1) is 0 Å². The van der Waals surface area contributed by atoms with Crippen LogP contribution in [0.2, 0.25) is 0 Å². The van der Waals surface area contributed by atoms with Crippen molar-refractivity contribution in [3.63, 3.8) is 0 Å². The number of aliphatic carboxylic acids is 1. The predicted octanol–water partition coefficient (Wildman–Crippen LogP) is -0.726. The molecule has 100 valence electrons. The lowest BCUT2D eigenvalue weighted by Crippen LogP contribution is -2.49. The Morgan fingerprint density at radius 3 is 3.06 bits per heavy atom. The van der Waals surface area contributed by atoms with Gasteiger partial charge in [-0.2, -0.15) is 9.40 Å². The van der Waals surface area contributed by atoms with E-state index in [2.05, 4.69) is 10.2 Å². The zero-order valence-electron chi connectivity index (χ0n) is 9.44. The number of carboxylic acids is 1. The second-order valence-electron chi connectivity index (χ2n) is 3.88. The first-order valence-corrected chi connectivity index (χ1v) is 6.76. The first-order valence-electron chi connectivity index (χ1n) is 5.32. The molecule has 9 heteroatoms. The van der Waals surface area contributed by atoms with E-state index >= 15 is 0 Å². The van der Waals surface area contributed by atoms with Gasteiger partial charge in [0.2, 0.25) is 10.0 Å². The maximum Gasteiger partial charge on any atom is 0.305 e. The zero-order valence-corrected chi connectivity index (χ0v) is 10.3. The van der Waals surface area contributed by atoms with Crippen molar-refractivity contribution in [2.24, 2.45) is 0 Å². The van der Waals surface area contributed by atoms with E-state index in [1.165, 1.54) is 12.4 Å². The minimum atomic E-state index is -3.72. The summed E-state index contributed by atoms with van der Waals surface area (Å²) < 4.78 is 30.8. The van der Waals surface area contributed by atoms with Gasteiger partial charge in [0.25, 0.3) is 0 Å². The summed E-state index contributed by atoms with van der Waals surface area (Å²) in [7, 11) is -3.72. The van der Waals surface area contributed by atoms with Crippen molar-refractivity contribution in [1.29, 1.82) is 0 Å². The highest BCUT2D eigenvalue weighted by Crippen LogP contribution is 2.21. The normalized spacial score (nSPS) is 21.9. The van der Waals surface area contributed by atoms with Crippen LogP contribution >= 0.6 is 0 Å². The Balaban J connectivity index is 2.26. The van der Waals surface area contributed by atoms with Crippen LogP contribution in [0.5, 0.6) is 0 Å². The second-order valence-corrected chi connectivity index (χ2v) is 5.77. The van der Waals surface area contributed by atoms with Gasteiger partial charge in [0.15, 0.2) is 0 Å². The Kier molecular flexibility index (Phi) is 3.64. The van der Waals surface area contributed by atoms with E-state index in [9.17, 15) is 13.2 Å². The largest absolute Gasteiger partial charge is 0.481 e. The molecule has 18 heavy (non-hydrogen) atoms. The average molecular weight is 275 g/mol. The van der Waals surface area contributed by atoms with E-state index in [-0.39, 0.29) is 31.1 Å². The van der Waals surface area contributed by atoms with Gasteiger partial charge < -0.3 is 9.84 Å². The summed E-state index contributed by atoms with van der Waals surface area (Å²) in [6, 6.07) is -0.684. The molecule has 0 aliphatic carbocycles. The number of H-pyrrole nitrogens is 1. The molecule has 0 bridgehead atoms. The number of nitrogens with one attached hydrogen (secondary N) is 1. The van der Waals surface area contributed by atoms with Gasteiger partial charge in [-0.3, -0.25) is 9.89 Å². The molecule has 0 radical (unpaired) electrons. The van der Waals surface area contributed by atoms with Crippen molar-refractivity contribution < 1.29 is 23.1 Å². The molecule has 1 aliphatic heterocycles. The lowest BCUT2D eigenvalue weighted by molar-refractivity contribution is -0.139. The van der Waals surface area contributed by atoms with Gasteiger partial charge in [-0.05, 0) is 0 Å². The van der Waals surface area contributed by atoms with Crippen LogP contribution in [0.4, 0.5) is 0 Å². The van der Waals surface area contributed by atoms with Gasteiger partial charge in [-0.25, -0.2) is 8.42 Å². The van der Waals surface area contributed by atoms with Crippen LogP contribution in [0.15, 0.2) is 17.3 Å². The first kappa shape index (κ1) is 13.0. The molecule has 1 fully saturated rings. The number of morpholine rings is 1. The second kappa shape index (κ2) is 5.04. The molecular formula is C9H13N3O5S. The molecule has 2 heterocycles. The third-order valence-electron chi connectivity index (χ3n) is 2.66. The van der Waals surface area contributed by atoms with Gasteiger partial charge in [-0.1, -0.05) is 0 Å². The van der Waals surface area contributed by atoms with E-state index in [4.69, 9.17) is 9.84 Å². The van der Waals surface area contributed by atoms with Crippen LogP contribution in [-0.4, -0.2) is 59.8 Å². The average Bonchev–Trinajstić information content (AvgIpc) is 2.82. The van der Waals surface area contributed by atoms with E-state index < -0.39 is 22.0 Å². The summed E-state index contributed by atoms with van der Waals surface area (Å²) in [4.78, 5) is 10.8. The van der Waals surface area contributed by atoms with Crippen LogP contribution in [0, 0.1) is 0 Å². The fourth-order valence-electron chi connectivity index (χ4n) is 1.83. The molecule has 1 aliphatic rings. The molecule has 0 spiro atoms. The van der Waals surface area contributed by atoms with E-state index in [1.807, 2.05) is 0 Å². The Morgan fingerprint density at radius 1 is 1.67 bits per heavy atom.